The van der Waals surface area contributed by atoms with Gasteiger partial charge in [-0.1, -0.05) is 18.7 Å². The molecule has 1 fully saturated rings. The highest BCUT2D eigenvalue weighted by atomic mass is 32.2. The van der Waals surface area contributed by atoms with Crippen molar-refractivity contribution in [3.63, 3.8) is 0 Å². The Bertz CT molecular complexity index is 727. The number of nitrogens with zero attached hydrogens (tertiary/aromatic N) is 3. The summed E-state index contributed by atoms with van der Waals surface area (Å²) in [5, 5.41) is 0.865. The largest absolute Gasteiger partial charge is 0.497 e. The van der Waals surface area contributed by atoms with E-state index in [-0.39, 0.29) is 5.91 Å². The van der Waals surface area contributed by atoms with Crippen LogP contribution in [0, 0.1) is 5.92 Å². The van der Waals surface area contributed by atoms with E-state index in [1.807, 2.05) is 47.0 Å². The Hall–Kier alpha value is -1.95. The molecular formula is C19H25N3O2S. The number of rotatable bonds is 5. The molecule has 1 aromatic heterocycles. The van der Waals surface area contributed by atoms with Crippen LogP contribution in [-0.4, -0.2) is 46.3 Å². The molecule has 0 radical (unpaired) electrons. The Morgan fingerprint density at radius 1 is 1.36 bits per heavy atom. The lowest BCUT2D eigenvalue weighted by Gasteiger charge is -2.30. The van der Waals surface area contributed by atoms with Crippen LogP contribution in [0.3, 0.4) is 0 Å². The lowest BCUT2D eigenvalue weighted by atomic mass is 10.0. The minimum Gasteiger partial charge on any atom is -0.497 e. The van der Waals surface area contributed by atoms with Gasteiger partial charge in [-0.2, -0.15) is 0 Å². The van der Waals surface area contributed by atoms with E-state index in [4.69, 9.17) is 4.74 Å². The molecule has 6 heteroatoms. The summed E-state index contributed by atoms with van der Waals surface area (Å²) in [5.41, 5.74) is 2.11. The number of imidazole rings is 1. The standard InChI is InChI=1S/C19H25N3O2S/c1-14-5-4-10-22(12-14)18(23)13-25-19-20-11-17(21(19)2)15-6-8-16(24-3)9-7-15/h6-9,11,14H,4-5,10,12-13H2,1-3H3. The van der Waals surface area contributed by atoms with Crippen LogP contribution in [0.1, 0.15) is 19.8 Å². The van der Waals surface area contributed by atoms with Crippen LogP contribution in [-0.2, 0) is 11.8 Å². The van der Waals surface area contributed by atoms with Crippen LogP contribution in [0.4, 0.5) is 0 Å². The number of ether oxygens (including phenoxy) is 1. The maximum atomic E-state index is 12.4. The zero-order valence-electron chi connectivity index (χ0n) is 15.1. The molecule has 0 bridgehead atoms. The number of piperidine rings is 1. The van der Waals surface area contributed by atoms with Gasteiger partial charge in [0.05, 0.1) is 24.8 Å². The van der Waals surface area contributed by atoms with Crippen molar-refractivity contribution in [2.24, 2.45) is 13.0 Å². The zero-order valence-corrected chi connectivity index (χ0v) is 15.9. The third-order valence-electron chi connectivity index (χ3n) is 4.67. The van der Waals surface area contributed by atoms with Crippen molar-refractivity contribution in [1.29, 1.82) is 0 Å². The van der Waals surface area contributed by atoms with Gasteiger partial charge in [-0.3, -0.25) is 4.79 Å². The average molecular weight is 359 g/mol. The van der Waals surface area contributed by atoms with Gasteiger partial charge in [0.2, 0.25) is 5.91 Å². The summed E-state index contributed by atoms with van der Waals surface area (Å²) >= 11 is 1.51. The van der Waals surface area contributed by atoms with Crippen molar-refractivity contribution < 1.29 is 9.53 Å². The highest BCUT2D eigenvalue weighted by molar-refractivity contribution is 7.99. The predicted octanol–water partition coefficient (Wildman–Crippen LogP) is 3.45. The van der Waals surface area contributed by atoms with E-state index in [1.165, 1.54) is 18.2 Å². The van der Waals surface area contributed by atoms with Gasteiger partial charge in [0.15, 0.2) is 5.16 Å². The number of thioether (sulfide) groups is 1. The molecule has 1 aliphatic rings. The molecule has 2 heterocycles. The smallest absolute Gasteiger partial charge is 0.233 e. The molecule has 5 nitrogen and oxygen atoms in total. The molecule has 1 amide bonds. The van der Waals surface area contributed by atoms with Gasteiger partial charge < -0.3 is 14.2 Å². The molecule has 1 atom stereocenters. The molecule has 0 aliphatic carbocycles. The first kappa shape index (κ1) is 17.9. The summed E-state index contributed by atoms with van der Waals surface area (Å²) in [4.78, 5) is 18.9. The third-order valence-corrected chi connectivity index (χ3v) is 5.69. The molecule has 0 spiro atoms. The van der Waals surface area contributed by atoms with Gasteiger partial charge in [-0.25, -0.2) is 4.98 Å². The predicted molar refractivity (Wildman–Crippen MR) is 101 cm³/mol. The Morgan fingerprint density at radius 2 is 2.12 bits per heavy atom. The summed E-state index contributed by atoms with van der Waals surface area (Å²) < 4.78 is 7.24. The van der Waals surface area contributed by atoms with Crippen LogP contribution in [0.5, 0.6) is 5.75 Å². The quantitative estimate of drug-likeness (QED) is 0.767. The van der Waals surface area contributed by atoms with Crippen molar-refractivity contribution in [3.05, 3.63) is 30.5 Å². The van der Waals surface area contributed by atoms with Gasteiger partial charge in [0.1, 0.15) is 5.75 Å². The van der Waals surface area contributed by atoms with E-state index in [1.54, 1.807) is 7.11 Å². The molecule has 2 aromatic rings. The molecule has 1 aromatic carbocycles. The summed E-state index contributed by atoms with van der Waals surface area (Å²) in [6.45, 7) is 3.99. The van der Waals surface area contributed by atoms with Crippen molar-refractivity contribution in [2.75, 3.05) is 26.0 Å². The van der Waals surface area contributed by atoms with Gasteiger partial charge >= 0.3 is 0 Å². The van der Waals surface area contributed by atoms with Crippen molar-refractivity contribution in [2.45, 2.75) is 24.9 Å². The minimum atomic E-state index is 0.213. The number of aromatic nitrogens is 2. The van der Waals surface area contributed by atoms with Crippen LogP contribution in [0.15, 0.2) is 35.6 Å². The SMILES string of the molecule is COc1ccc(-c2cnc(SCC(=O)N3CCCC(C)C3)n2C)cc1. The topological polar surface area (TPSA) is 47.4 Å². The van der Waals surface area contributed by atoms with Gasteiger partial charge in [-0.15, -0.1) is 0 Å². The van der Waals surface area contributed by atoms with Crippen LogP contribution in [0.2, 0.25) is 0 Å². The monoisotopic (exact) mass is 359 g/mol. The van der Waals surface area contributed by atoms with Crippen molar-refractivity contribution in [3.8, 4) is 17.0 Å². The second-order valence-electron chi connectivity index (χ2n) is 6.59. The highest BCUT2D eigenvalue weighted by Gasteiger charge is 2.21. The first-order valence-corrected chi connectivity index (χ1v) is 9.63. The Morgan fingerprint density at radius 3 is 2.80 bits per heavy atom. The Balaban J connectivity index is 1.63. The van der Waals surface area contributed by atoms with Crippen LogP contribution in [0.25, 0.3) is 11.3 Å². The molecule has 1 aliphatic heterocycles. The number of amides is 1. The van der Waals surface area contributed by atoms with E-state index in [9.17, 15) is 4.79 Å². The lowest BCUT2D eigenvalue weighted by molar-refractivity contribution is -0.130. The number of hydrogen-bond donors (Lipinski definition) is 0. The third kappa shape index (κ3) is 4.18. The summed E-state index contributed by atoms with van der Waals surface area (Å²) in [6, 6.07) is 7.92. The molecule has 3 rings (SSSR count). The molecule has 25 heavy (non-hydrogen) atoms. The number of hydrogen-bond acceptors (Lipinski definition) is 4. The first-order valence-electron chi connectivity index (χ1n) is 8.65. The van der Waals surface area contributed by atoms with E-state index < -0.39 is 0 Å². The molecule has 1 saturated heterocycles. The van der Waals surface area contributed by atoms with E-state index in [0.29, 0.717) is 11.7 Å². The summed E-state index contributed by atoms with van der Waals surface area (Å²) in [7, 11) is 3.65. The summed E-state index contributed by atoms with van der Waals surface area (Å²) in [5.74, 6) is 2.10. The maximum Gasteiger partial charge on any atom is 0.233 e. The van der Waals surface area contributed by atoms with Gasteiger partial charge in [0.25, 0.3) is 0 Å². The second kappa shape index (κ2) is 7.95. The first-order chi connectivity index (χ1) is 12.1. The van der Waals surface area contributed by atoms with Crippen LogP contribution >= 0.6 is 11.8 Å². The maximum absolute atomic E-state index is 12.4. The molecule has 0 N–H and O–H groups in total. The number of likely N-dealkylation sites (tertiary alicyclic amines) is 1. The molecule has 0 saturated carbocycles. The Kier molecular flexibility index (Phi) is 5.68. The van der Waals surface area contributed by atoms with Crippen LogP contribution < -0.4 is 4.74 Å². The number of benzene rings is 1. The zero-order chi connectivity index (χ0) is 17.8. The van der Waals surface area contributed by atoms with E-state index in [2.05, 4.69) is 11.9 Å². The molecular weight excluding hydrogens is 334 g/mol. The highest BCUT2D eigenvalue weighted by Crippen LogP contribution is 2.27. The van der Waals surface area contributed by atoms with Crippen molar-refractivity contribution >= 4 is 17.7 Å². The minimum absolute atomic E-state index is 0.213. The summed E-state index contributed by atoms with van der Waals surface area (Å²) in [6.07, 6.45) is 4.20. The number of carbonyl (C=O) groups is 1. The number of methoxy groups -OCH3 is 1. The number of carbonyl (C=O) groups excluding carboxylic acids is 1. The van der Waals surface area contributed by atoms with Gasteiger partial charge in [-0.05, 0) is 43.0 Å². The second-order valence-corrected chi connectivity index (χ2v) is 7.53. The average Bonchev–Trinajstić information content (AvgIpc) is 3.00. The Labute approximate surface area is 153 Å². The molecule has 1 unspecified atom stereocenters. The van der Waals surface area contributed by atoms with Crippen molar-refractivity contribution in [1.82, 2.24) is 14.5 Å². The lowest BCUT2D eigenvalue weighted by Crippen LogP contribution is -2.40. The van der Waals surface area contributed by atoms with E-state index >= 15 is 0 Å². The fourth-order valence-electron chi connectivity index (χ4n) is 3.19. The van der Waals surface area contributed by atoms with Gasteiger partial charge in [0, 0.05) is 25.7 Å². The normalized spacial score (nSPS) is 17.6. The fourth-order valence-corrected chi connectivity index (χ4v) is 4.04. The molecule has 134 valence electrons. The fraction of sp³-hybridized carbons (Fsp3) is 0.474. The van der Waals surface area contributed by atoms with E-state index in [0.717, 1.165) is 41.7 Å².